The van der Waals surface area contributed by atoms with Crippen molar-refractivity contribution in [3.63, 3.8) is 0 Å². The number of nitrogens with zero attached hydrogens (tertiary/aromatic N) is 1. The molecule has 0 fully saturated rings. The van der Waals surface area contributed by atoms with Crippen LogP contribution >= 0.6 is 0 Å². The van der Waals surface area contributed by atoms with Crippen LogP contribution < -0.4 is 10.5 Å². The molecular formula is C13H20N2O2. The Labute approximate surface area is 102 Å². The highest BCUT2D eigenvalue weighted by atomic mass is 16.5. The number of amides is 1. The predicted molar refractivity (Wildman–Crippen MR) is 69.2 cm³/mol. The maximum Gasteiger partial charge on any atom is 0.255 e. The molecule has 0 unspecified atom stereocenters. The lowest BCUT2D eigenvalue weighted by atomic mass is 10.1. The first-order chi connectivity index (χ1) is 7.95. The number of nitrogens with two attached hydrogens (primary N) is 1. The fraction of sp³-hybridized carbons (Fsp3) is 0.462. The Morgan fingerprint density at radius 3 is 2.65 bits per heavy atom. The molecule has 1 aromatic carbocycles. The second-order valence-electron chi connectivity index (χ2n) is 4.53. The van der Waals surface area contributed by atoms with E-state index in [-0.39, 0.29) is 5.91 Å². The summed E-state index contributed by atoms with van der Waals surface area (Å²) >= 11 is 0. The number of ether oxygens (including phenoxy) is 1. The summed E-state index contributed by atoms with van der Waals surface area (Å²) in [5.41, 5.74) is 6.78. The Morgan fingerprint density at radius 1 is 1.47 bits per heavy atom. The van der Waals surface area contributed by atoms with Crippen LogP contribution in [-0.2, 0) is 0 Å². The van der Waals surface area contributed by atoms with Crippen molar-refractivity contribution < 1.29 is 9.53 Å². The van der Waals surface area contributed by atoms with Gasteiger partial charge < -0.3 is 15.4 Å². The molecule has 1 rings (SSSR count). The van der Waals surface area contributed by atoms with Gasteiger partial charge in [0.15, 0.2) is 0 Å². The first-order valence-corrected chi connectivity index (χ1v) is 5.64. The van der Waals surface area contributed by atoms with E-state index < -0.39 is 0 Å². The van der Waals surface area contributed by atoms with Crippen molar-refractivity contribution in [2.45, 2.75) is 13.8 Å². The molecule has 0 aliphatic heterocycles. The Kier molecular flexibility index (Phi) is 4.37. The van der Waals surface area contributed by atoms with Gasteiger partial charge in [-0.25, -0.2) is 0 Å². The van der Waals surface area contributed by atoms with Gasteiger partial charge >= 0.3 is 0 Å². The molecule has 4 nitrogen and oxygen atoms in total. The summed E-state index contributed by atoms with van der Waals surface area (Å²) < 4.78 is 5.09. The summed E-state index contributed by atoms with van der Waals surface area (Å²) in [5.74, 6) is 0.992. The number of hydrogen-bond donors (Lipinski definition) is 1. The van der Waals surface area contributed by atoms with Gasteiger partial charge in [-0.2, -0.15) is 0 Å². The van der Waals surface area contributed by atoms with Crippen molar-refractivity contribution in [2.24, 2.45) is 5.92 Å². The van der Waals surface area contributed by atoms with E-state index in [1.54, 1.807) is 37.3 Å². The van der Waals surface area contributed by atoms with Crippen molar-refractivity contribution in [3.05, 3.63) is 23.8 Å². The molecule has 94 valence electrons. The molecule has 0 atom stereocenters. The van der Waals surface area contributed by atoms with Crippen LogP contribution in [0.2, 0.25) is 0 Å². The van der Waals surface area contributed by atoms with Crippen molar-refractivity contribution in [3.8, 4) is 5.75 Å². The van der Waals surface area contributed by atoms with Gasteiger partial charge in [0.05, 0.1) is 12.7 Å². The van der Waals surface area contributed by atoms with E-state index in [2.05, 4.69) is 13.8 Å². The molecule has 4 heteroatoms. The Hall–Kier alpha value is -1.71. The Bertz CT molecular complexity index is 402. The first-order valence-electron chi connectivity index (χ1n) is 5.64. The maximum atomic E-state index is 12.2. The van der Waals surface area contributed by atoms with Crippen molar-refractivity contribution in [1.82, 2.24) is 4.90 Å². The predicted octanol–water partition coefficient (Wildman–Crippen LogP) is 2.01. The van der Waals surface area contributed by atoms with Crippen LogP contribution in [0.15, 0.2) is 18.2 Å². The largest absolute Gasteiger partial charge is 0.497 e. The van der Waals surface area contributed by atoms with Gasteiger partial charge in [-0.05, 0) is 24.1 Å². The van der Waals surface area contributed by atoms with E-state index >= 15 is 0 Å². The number of methoxy groups -OCH3 is 1. The number of rotatable bonds is 4. The second kappa shape index (κ2) is 5.57. The smallest absolute Gasteiger partial charge is 0.255 e. The van der Waals surface area contributed by atoms with Crippen LogP contribution in [-0.4, -0.2) is 31.5 Å². The third kappa shape index (κ3) is 3.37. The molecule has 0 bridgehead atoms. The molecule has 0 saturated heterocycles. The number of carbonyl (C=O) groups excluding carboxylic acids is 1. The summed E-state index contributed by atoms with van der Waals surface area (Å²) in [6.45, 7) is 4.84. The summed E-state index contributed by atoms with van der Waals surface area (Å²) in [4.78, 5) is 13.8. The van der Waals surface area contributed by atoms with E-state index in [1.165, 1.54) is 0 Å². The third-order valence-corrected chi connectivity index (χ3v) is 2.48. The zero-order valence-electron chi connectivity index (χ0n) is 10.9. The van der Waals surface area contributed by atoms with Crippen LogP contribution in [0.3, 0.4) is 0 Å². The summed E-state index contributed by atoms with van der Waals surface area (Å²) in [5, 5.41) is 0. The van der Waals surface area contributed by atoms with Crippen molar-refractivity contribution in [1.29, 1.82) is 0 Å². The van der Waals surface area contributed by atoms with E-state index in [0.29, 0.717) is 29.5 Å². The van der Waals surface area contributed by atoms with E-state index in [4.69, 9.17) is 10.5 Å². The molecule has 0 spiro atoms. The minimum Gasteiger partial charge on any atom is -0.497 e. The Morgan fingerprint density at radius 2 is 2.12 bits per heavy atom. The molecule has 0 saturated carbocycles. The van der Waals surface area contributed by atoms with Crippen molar-refractivity contribution in [2.75, 3.05) is 26.4 Å². The van der Waals surface area contributed by atoms with Crippen LogP contribution in [0.25, 0.3) is 0 Å². The molecule has 17 heavy (non-hydrogen) atoms. The van der Waals surface area contributed by atoms with Gasteiger partial charge in [0.2, 0.25) is 0 Å². The molecule has 0 aliphatic rings. The summed E-state index contributed by atoms with van der Waals surface area (Å²) in [6.07, 6.45) is 0. The number of benzene rings is 1. The minimum atomic E-state index is -0.0740. The Balaban J connectivity index is 2.94. The van der Waals surface area contributed by atoms with Gasteiger partial charge in [0.25, 0.3) is 5.91 Å². The highest BCUT2D eigenvalue weighted by molar-refractivity contribution is 5.99. The fourth-order valence-electron chi connectivity index (χ4n) is 1.68. The van der Waals surface area contributed by atoms with Crippen molar-refractivity contribution >= 4 is 11.6 Å². The molecule has 0 aliphatic carbocycles. The number of hydrogen-bond acceptors (Lipinski definition) is 3. The average Bonchev–Trinajstić information content (AvgIpc) is 2.28. The standard InChI is InChI=1S/C13H20N2O2/c1-9(2)8-15(3)13(16)11-7-10(17-4)5-6-12(11)14/h5-7,9H,8,14H2,1-4H3. The molecule has 0 radical (unpaired) electrons. The zero-order chi connectivity index (χ0) is 13.0. The van der Waals surface area contributed by atoms with E-state index in [0.717, 1.165) is 0 Å². The molecule has 2 N–H and O–H groups in total. The van der Waals surface area contributed by atoms with Crippen LogP contribution in [0.4, 0.5) is 5.69 Å². The van der Waals surface area contributed by atoms with E-state index in [9.17, 15) is 4.79 Å². The van der Waals surface area contributed by atoms with Crippen LogP contribution in [0.1, 0.15) is 24.2 Å². The minimum absolute atomic E-state index is 0.0740. The number of carbonyl (C=O) groups is 1. The topological polar surface area (TPSA) is 55.6 Å². The second-order valence-corrected chi connectivity index (χ2v) is 4.53. The first kappa shape index (κ1) is 13.4. The summed E-state index contributed by atoms with van der Waals surface area (Å²) in [7, 11) is 3.35. The van der Waals surface area contributed by atoms with Crippen LogP contribution in [0, 0.1) is 5.92 Å². The van der Waals surface area contributed by atoms with Gasteiger partial charge in [0.1, 0.15) is 5.75 Å². The highest BCUT2D eigenvalue weighted by Crippen LogP contribution is 2.20. The highest BCUT2D eigenvalue weighted by Gasteiger charge is 2.16. The molecule has 1 amide bonds. The lowest BCUT2D eigenvalue weighted by Gasteiger charge is -2.20. The zero-order valence-corrected chi connectivity index (χ0v) is 10.9. The van der Waals surface area contributed by atoms with Gasteiger partial charge in [-0.1, -0.05) is 13.8 Å². The van der Waals surface area contributed by atoms with E-state index in [1.807, 2.05) is 0 Å². The van der Waals surface area contributed by atoms with Gasteiger partial charge in [-0.15, -0.1) is 0 Å². The maximum absolute atomic E-state index is 12.2. The molecule has 1 aromatic rings. The quantitative estimate of drug-likeness (QED) is 0.813. The third-order valence-electron chi connectivity index (χ3n) is 2.48. The number of anilines is 1. The van der Waals surface area contributed by atoms with Gasteiger partial charge in [0, 0.05) is 19.3 Å². The fourth-order valence-corrected chi connectivity index (χ4v) is 1.68. The van der Waals surface area contributed by atoms with Gasteiger partial charge in [-0.3, -0.25) is 4.79 Å². The molecule has 0 aromatic heterocycles. The SMILES string of the molecule is COc1ccc(N)c(C(=O)N(C)CC(C)C)c1. The van der Waals surface area contributed by atoms with Crippen LogP contribution in [0.5, 0.6) is 5.75 Å². The lowest BCUT2D eigenvalue weighted by Crippen LogP contribution is -2.30. The average molecular weight is 236 g/mol. The molecule has 0 heterocycles. The monoisotopic (exact) mass is 236 g/mol. The lowest BCUT2D eigenvalue weighted by molar-refractivity contribution is 0.0780. The molecular weight excluding hydrogens is 216 g/mol. The normalized spacial score (nSPS) is 10.4. The number of nitrogen functional groups attached to an aromatic ring is 1. The summed E-state index contributed by atoms with van der Waals surface area (Å²) in [6, 6.07) is 5.11.